The first kappa shape index (κ1) is 13.7. The molecule has 2 atom stereocenters. The quantitative estimate of drug-likeness (QED) is 0.466. The van der Waals surface area contributed by atoms with Gasteiger partial charge in [0.2, 0.25) is 0 Å². The zero-order chi connectivity index (χ0) is 10.8. The molecule has 0 saturated heterocycles. The van der Waals surface area contributed by atoms with E-state index in [9.17, 15) is 5.11 Å². The number of rotatable bonds is 8. The van der Waals surface area contributed by atoms with Crippen LogP contribution in [0.2, 0.25) is 0 Å². The smallest absolute Gasteiger partial charge is 0.0688 e. The highest BCUT2D eigenvalue weighted by Crippen LogP contribution is 2.06. The fourth-order valence-electron chi connectivity index (χ4n) is 1.28. The Morgan fingerprint density at radius 2 is 1.86 bits per heavy atom. The van der Waals surface area contributed by atoms with Gasteiger partial charge in [-0.05, 0) is 32.6 Å². The van der Waals surface area contributed by atoms with Crippen LogP contribution >= 0.6 is 0 Å². The van der Waals surface area contributed by atoms with Crippen molar-refractivity contribution in [2.45, 2.75) is 64.5 Å². The molecule has 84 valence electrons. The summed E-state index contributed by atoms with van der Waals surface area (Å²) < 4.78 is 0. The first-order valence-corrected chi connectivity index (χ1v) is 5.77. The second-order valence-electron chi connectivity index (χ2n) is 3.97. The van der Waals surface area contributed by atoms with Gasteiger partial charge in [-0.25, -0.2) is 0 Å². The number of hydrogen-bond acceptors (Lipinski definition) is 2. The SMILES string of the molecule is CCCC=CCCCCC(O)C(C)N. The average Bonchev–Trinajstić information content (AvgIpc) is 2.16. The van der Waals surface area contributed by atoms with Gasteiger partial charge in [-0.3, -0.25) is 0 Å². The van der Waals surface area contributed by atoms with Crippen LogP contribution in [0.1, 0.15) is 52.4 Å². The number of allylic oxidation sites excluding steroid dienone is 2. The molecular formula is C12H25NO. The van der Waals surface area contributed by atoms with Crippen molar-refractivity contribution in [1.82, 2.24) is 0 Å². The maximum absolute atomic E-state index is 9.42. The van der Waals surface area contributed by atoms with Crippen molar-refractivity contribution in [3.63, 3.8) is 0 Å². The summed E-state index contributed by atoms with van der Waals surface area (Å²) >= 11 is 0. The van der Waals surface area contributed by atoms with Crippen LogP contribution in [0.4, 0.5) is 0 Å². The van der Waals surface area contributed by atoms with Crippen LogP contribution in [0.15, 0.2) is 12.2 Å². The van der Waals surface area contributed by atoms with E-state index < -0.39 is 0 Å². The monoisotopic (exact) mass is 199 g/mol. The van der Waals surface area contributed by atoms with Gasteiger partial charge in [0.1, 0.15) is 0 Å². The van der Waals surface area contributed by atoms with Crippen LogP contribution in [0.3, 0.4) is 0 Å². The van der Waals surface area contributed by atoms with Crippen molar-refractivity contribution in [3.8, 4) is 0 Å². The standard InChI is InChI=1S/C12H25NO/c1-3-4-5-6-7-8-9-10-12(14)11(2)13/h5-6,11-12,14H,3-4,7-10,13H2,1-2H3. The maximum Gasteiger partial charge on any atom is 0.0688 e. The predicted molar refractivity (Wildman–Crippen MR) is 62.2 cm³/mol. The molecule has 14 heavy (non-hydrogen) atoms. The third kappa shape index (κ3) is 8.27. The van der Waals surface area contributed by atoms with Gasteiger partial charge in [0.05, 0.1) is 6.10 Å². The van der Waals surface area contributed by atoms with Gasteiger partial charge in [-0.2, -0.15) is 0 Å². The number of hydrogen-bond donors (Lipinski definition) is 2. The molecule has 3 N–H and O–H groups in total. The van der Waals surface area contributed by atoms with E-state index in [1.807, 2.05) is 6.92 Å². The Hall–Kier alpha value is -0.340. The maximum atomic E-state index is 9.42. The summed E-state index contributed by atoms with van der Waals surface area (Å²) in [6.45, 7) is 4.04. The van der Waals surface area contributed by atoms with Crippen molar-refractivity contribution in [1.29, 1.82) is 0 Å². The molecule has 0 amide bonds. The second kappa shape index (κ2) is 9.22. The highest BCUT2D eigenvalue weighted by Gasteiger charge is 2.07. The van der Waals surface area contributed by atoms with Gasteiger partial charge in [-0.1, -0.05) is 31.9 Å². The lowest BCUT2D eigenvalue weighted by molar-refractivity contribution is 0.138. The van der Waals surface area contributed by atoms with Crippen LogP contribution in [0.25, 0.3) is 0 Å². The highest BCUT2D eigenvalue weighted by molar-refractivity contribution is 4.81. The first-order chi connectivity index (χ1) is 6.68. The summed E-state index contributed by atoms with van der Waals surface area (Å²) in [5.74, 6) is 0. The molecule has 2 unspecified atom stereocenters. The zero-order valence-electron chi connectivity index (χ0n) is 9.58. The Morgan fingerprint density at radius 1 is 1.21 bits per heavy atom. The fourth-order valence-corrected chi connectivity index (χ4v) is 1.28. The Morgan fingerprint density at radius 3 is 2.43 bits per heavy atom. The van der Waals surface area contributed by atoms with Crippen molar-refractivity contribution >= 4 is 0 Å². The molecule has 0 aliphatic rings. The predicted octanol–water partition coefficient (Wildman–Crippen LogP) is 2.61. The van der Waals surface area contributed by atoms with Gasteiger partial charge in [0.15, 0.2) is 0 Å². The molecule has 2 nitrogen and oxygen atoms in total. The van der Waals surface area contributed by atoms with Crippen LogP contribution in [-0.2, 0) is 0 Å². The first-order valence-electron chi connectivity index (χ1n) is 5.77. The van der Waals surface area contributed by atoms with Crippen LogP contribution in [0, 0.1) is 0 Å². The van der Waals surface area contributed by atoms with E-state index in [4.69, 9.17) is 5.73 Å². The molecule has 0 saturated carbocycles. The van der Waals surface area contributed by atoms with Gasteiger partial charge >= 0.3 is 0 Å². The summed E-state index contributed by atoms with van der Waals surface area (Å²) in [5.41, 5.74) is 5.55. The minimum absolute atomic E-state index is 0.0920. The second-order valence-corrected chi connectivity index (χ2v) is 3.97. The van der Waals surface area contributed by atoms with Crippen molar-refractivity contribution in [2.75, 3.05) is 0 Å². The molecule has 0 fully saturated rings. The molecule has 0 aliphatic carbocycles. The van der Waals surface area contributed by atoms with Gasteiger partial charge in [-0.15, -0.1) is 0 Å². The van der Waals surface area contributed by atoms with Crippen molar-refractivity contribution in [3.05, 3.63) is 12.2 Å². The van der Waals surface area contributed by atoms with E-state index in [-0.39, 0.29) is 12.1 Å². The Kier molecular flexibility index (Phi) is 9.00. The summed E-state index contributed by atoms with van der Waals surface area (Å²) in [7, 11) is 0. The van der Waals surface area contributed by atoms with Crippen molar-refractivity contribution < 1.29 is 5.11 Å². The van der Waals surface area contributed by atoms with Gasteiger partial charge in [0, 0.05) is 6.04 Å². The molecule has 0 aromatic carbocycles. The molecule has 0 aromatic rings. The third-order valence-corrected chi connectivity index (χ3v) is 2.35. The molecule has 0 aliphatic heterocycles. The van der Waals surface area contributed by atoms with E-state index in [0.29, 0.717) is 0 Å². The highest BCUT2D eigenvalue weighted by atomic mass is 16.3. The van der Waals surface area contributed by atoms with E-state index in [1.54, 1.807) is 0 Å². The lowest BCUT2D eigenvalue weighted by Crippen LogP contribution is -2.31. The van der Waals surface area contributed by atoms with Gasteiger partial charge < -0.3 is 10.8 Å². The van der Waals surface area contributed by atoms with Gasteiger partial charge in [0.25, 0.3) is 0 Å². The van der Waals surface area contributed by atoms with E-state index in [0.717, 1.165) is 25.7 Å². The Bertz CT molecular complexity index is 143. The van der Waals surface area contributed by atoms with Crippen LogP contribution in [0.5, 0.6) is 0 Å². The Balaban J connectivity index is 3.21. The largest absolute Gasteiger partial charge is 0.392 e. The fraction of sp³-hybridized carbons (Fsp3) is 0.833. The number of nitrogens with two attached hydrogens (primary N) is 1. The van der Waals surface area contributed by atoms with Crippen molar-refractivity contribution in [2.24, 2.45) is 5.73 Å². The minimum atomic E-state index is -0.324. The zero-order valence-corrected chi connectivity index (χ0v) is 9.58. The Labute approximate surface area is 88.2 Å². The van der Waals surface area contributed by atoms with Crippen LogP contribution in [-0.4, -0.2) is 17.3 Å². The molecule has 2 heteroatoms. The molecule has 0 radical (unpaired) electrons. The number of aliphatic hydroxyl groups excluding tert-OH is 1. The topological polar surface area (TPSA) is 46.2 Å². The molecule has 0 heterocycles. The average molecular weight is 199 g/mol. The summed E-state index contributed by atoms with van der Waals surface area (Å²) in [4.78, 5) is 0. The third-order valence-electron chi connectivity index (χ3n) is 2.35. The summed E-state index contributed by atoms with van der Waals surface area (Å²) in [6.07, 6.45) is 10.7. The summed E-state index contributed by atoms with van der Waals surface area (Å²) in [6, 6.07) is -0.0920. The minimum Gasteiger partial charge on any atom is -0.392 e. The lowest BCUT2D eigenvalue weighted by Gasteiger charge is -2.13. The number of aliphatic hydroxyl groups is 1. The van der Waals surface area contributed by atoms with E-state index in [2.05, 4.69) is 19.1 Å². The lowest BCUT2D eigenvalue weighted by atomic mass is 10.1. The summed E-state index contributed by atoms with van der Waals surface area (Å²) in [5, 5.41) is 9.42. The molecule has 0 spiro atoms. The van der Waals surface area contributed by atoms with Crippen LogP contribution < -0.4 is 5.73 Å². The van der Waals surface area contributed by atoms with E-state index >= 15 is 0 Å². The molecular weight excluding hydrogens is 174 g/mol. The molecule has 0 bridgehead atoms. The number of unbranched alkanes of at least 4 members (excludes halogenated alkanes) is 3. The molecule has 0 rings (SSSR count). The molecule has 0 aromatic heterocycles. The van der Waals surface area contributed by atoms with E-state index in [1.165, 1.54) is 12.8 Å². The normalized spacial score (nSPS) is 16.0.